The van der Waals surface area contributed by atoms with E-state index in [1.54, 1.807) is 0 Å². The molecule has 19 heavy (non-hydrogen) atoms. The normalized spacial score (nSPS) is 15.1. The van der Waals surface area contributed by atoms with Gasteiger partial charge in [0.25, 0.3) is 0 Å². The molecule has 2 aromatic rings. The summed E-state index contributed by atoms with van der Waals surface area (Å²) in [6, 6.07) is 8.87. The van der Waals surface area contributed by atoms with E-state index in [0.717, 1.165) is 17.9 Å². The summed E-state index contributed by atoms with van der Waals surface area (Å²) in [7, 11) is 4.19. The van der Waals surface area contributed by atoms with Gasteiger partial charge in [0.2, 0.25) is 0 Å². The zero-order valence-electron chi connectivity index (χ0n) is 12.5. The summed E-state index contributed by atoms with van der Waals surface area (Å²) in [5, 5.41) is 4.81. The molecule has 1 N–H and O–H groups in total. The van der Waals surface area contributed by atoms with E-state index in [2.05, 4.69) is 57.2 Å². The summed E-state index contributed by atoms with van der Waals surface area (Å²) in [6.45, 7) is 7.52. The second-order valence-electron chi connectivity index (χ2n) is 5.64. The molecule has 0 saturated carbocycles. The molecule has 0 saturated heterocycles. The van der Waals surface area contributed by atoms with Gasteiger partial charge in [-0.1, -0.05) is 18.2 Å². The summed E-state index contributed by atoms with van der Waals surface area (Å²) in [5.74, 6) is 1.05. The molecule has 0 fully saturated rings. The van der Waals surface area contributed by atoms with Gasteiger partial charge in [-0.3, -0.25) is 0 Å². The average Bonchev–Trinajstić information content (AvgIpc) is 2.66. The van der Waals surface area contributed by atoms with Crippen molar-refractivity contribution in [3.05, 3.63) is 35.6 Å². The minimum Gasteiger partial charge on any atom is -0.459 e. The summed E-state index contributed by atoms with van der Waals surface area (Å²) in [5.41, 5.74) is 2.22. The van der Waals surface area contributed by atoms with Gasteiger partial charge in [0.05, 0.1) is 6.04 Å². The van der Waals surface area contributed by atoms with Crippen molar-refractivity contribution < 1.29 is 4.42 Å². The second-order valence-corrected chi connectivity index (χ2v) is 5.64. The molecule has 1 aromatic heterocycles. The zero-order chi connectivity index (χ0) is 14.0. The van der Waals surface area contributed by atoms with Gasteiger partial charge in [0, 0.05) is 18.0 Å². The Labute approximate surface area is 115 Å². The molecule has 0 aliphatic heterocycles. The van der Waals surface area contributed by atoms with Crippen molar-refractivity contribution in [3.8, 4) is 0 Å². The quantitative estimate of drug-likeness (QED) is 0.893. The van der Waals surface area contributed by atoms with Gasteiger partial charge < -0.3 is 14.6 Å². The monoisotopic (exact) mass is 260 g/mol. The number of fused-ring (bicyclic) bond motifs is 1. The first-order valence-corrected chi connectivity index (χ1v) is 6.88. The first-order valence-electron chi connectivity index (χ1n) is 6.88. The summed E-state index contributed by atoms with van der Waals surface area (Å²) in [4.78, 5) is 2.19. The van der Waals surface area contributed by atoms with Gasteiger partial charge in [0.15, 0.2) is 0 Å². The average molecular weight is 260 g/mol. The van der Waals surface area contributed by atoms with Crippen molar-refractivity contribution in [1.29, 1.82) is 0 Å². The molecule has 3 heteroatoms. The van der Waals surface area contributed by atoms with E-state index in [4.69, 9.17) is 4.42 Å². The van der Waals surface area contributed by atoms with E-state index in [9.17, 15) is 0 Å². The number of nitrogens with one attached hydrogen (secondary N) is 1. The van der Waals surface area contributed by atoms with Crippen LogP contribution in [0.3, 0.4) is 0 Å². The highest BCUT2D eigenvalue weighted by atomic mass is 16.3. The van der Waals surface area contributed by atoms with Crippen molar-refractivity contribution in [3.63, 3.8) is 0 Å². The Morgan fingerprint density at radius 2 is 1.89 bits per heavy atom. The van der Waals surface area contributed by atoms with Crippen molar-refractivity contribution in [2.24, 2.45) is 0 Å². The minimum absolute atomic E-state index is 0.224. The van der Waals surface area contributed by atoms with Gasteiger partial charge in [-0.25, -0.2) is 0 Å². The Bertz CT molecular complexity index is 545. The van der Waals surface area contributed by atoms with E-state index in [1.165, 1.54) is 10.9 Å². The molecule has 0 radical (unpaired) electrons. The molecule has 0 bridgehead atoms. The van der Waals surface area contributed by atoms with Gasteiger partial charge >= 0.3 is 0 Å². The SMILES string of the molecule is Cc1c(C(C)NC(C)CN(C)C)oc2ccccc12. The van der Waals surface area contributed by atoms with Crippen LogP contribution in [0.25, 0.3) is 11.0 Å². The van der Waals surface area contributed by atoms with Gasteiger partial charge in [-0.2, -0.15) is 0 Å². The number of nitrogens with zero attached hydrogens (tertiary/aromatic N) is 1. The molecule has 2 atom stereocenters. The lowest BCUT2D eigenvalue weighted by atomic mass is 10.1. The highest BCUT2D eigenvalue weighted by molar-refractivity contribution is 5.82. The summed E-state index contributed by atoms with van der Waals surface area (Å²) >= 11 is 0. The Hall–Kier alpha value is -1.32. The summed E-state index contributed by atoms with van der Waals surface area (Å²) < 4.78 is 5.99. The molecule has 0 spiro atoms. The molecule has 1 aromatic carbocycles. The number of benzene rings is 1. The fourth-order valence-corrected chi connectivity index (χ4v) is 2.71. The molecule has 2 rings (SSSR count). The van der Waals surface area contributed by atoms with E-state index in [-0.39, 0.29) is 6.04 Å². The fourth-order valence-electron chi connectivity index (χ4n) is 2.71. The molecule has 104 valence electrons. The molecule has 0 aliphatic rings. The van der Waals surface area contributed by atoms with Crippen LogP contribution >= 0.6 is 0 Å². The smallest absolute Gasteiger partial charge is 0.134 e. The van der Waals surface area contributed by atoms with Gasteiger partial charge in [0.1, 0.15) is 11.3 Å². The maximum absolute atomic E-state index is 5.99. The van der Waals surface area contributed by atoms with Crippen molar-refractivity contribution in [1.82, 2.24) is 10.2 Å². The minimum atomic E-state index is 0.224. The predicted molar refractivity (Wildman–Crippen MR) is 80.5 cm³/mol. The van der Waals surface area contributed by atoms with E-state index in [1.807, 2.05) is 12.1 Å². The third-order valence-electron chi connectivity index (χ3n) is 3.45. The third kappa shape index (κ3) is 3.17. The molecular formula is C16H24N2O. The topological polar surface area (TPSA) is 28.4 Å². The first kappa shape index (κ1) is 14.1. The maximum atomic E-state index is 5.99. The number of hydrogen-bond donors (Lipinski definition) is 1. The van der Waals surface area contributed by atoms with Gasteiger partial charge in [-0.15, -0.1) is 0 Å². The largest absolute Gasteiger partial charge is 0.459 e. The number of para-hydroxylation sites is 1. The Balaban J connectivity index is 2.17. The standard InChI is InChI=1S/C16H24N2O/c1-11(10-18(4)5)17-13(3)16-12(2)14-8-6-7-9-15(14)19-16/h6-9,11,13,17H,10H2,1-5H3. The highest BCUT2D eigenvalue weighted by Crippen LogP contribution is 2.29. The molecule has 0 aliphatic carbocycles. The van der Waals surface area contributed by atoms with Crippen LogP contribution in [0.2, 0.25) is 0 Å². The molecule has 2 unspecified atom stereocenters. The molecule has 0 amide bonds. The van der Waals surface area contributed by atoms with Crippen LogP contribution in [-0.4, -0.2) is 31.6 Å². The molecule has 1 heterocycles. The van der Waals surface area contributed by atoms with Crippen LogP contribution in [0, 0.1) is 6.92 Å². The van der Waals surface area contributed by atoms with E-state index >= 15 is 0 Å². The van der Waals surface area contributed by atoms with Gasteiger partial charge in [-0.05, 0) is 46.5 Å². The lowest BCUT2D eigenvalue weighted by Crippen LogP contribution is -2.37. The fraction of sp³-hybridized carbons (Fsp3) is 0.500. The lowest BCUT2D eigenvalue weighted by molar-refractivity contribution is 0.321. The van der Waals surface area contributed by atoms with Crippen LogP contribution in [-0.2, 0) is 0 Å². The van der Waals surface area contributed by atoms with Crippen LogP contribution in [0.4, 0.5) is 0 Å². The summed E-state index contributed by atoms with van der Waals surface area (Å²) in [6.07, 6.45) is 0. The van der Waals surface area contributed by atoms with Crippen LogP contribution < -0.4 is 5.32 Å². The number of furan rings is 1. The number of rotatable bonds is 5. The third-order valence-corrected chi connectivity index (χ3v) is 3.45. The van der Waals surface area contributed by atoms with E-state index in [0.29, 0.717) is 6.04 Å². The maximum Gasteiger partial charge on any atom is 0.134 e. The Kier molecular flexibility index (Phi) is 4.27. The Morgan fingerprint density at radius 3 is 2.53 bits per heavy atom. The number of likely N-dealkylation sites (N-methyl/N-ethyl adjacent to an activating group) is 1. The second kappa shape index (κ2) is 5.76. The van der Waals surface area contributed by atoms with E-state index < -0.39 is 0 Å². The van der Waals surface area contributed by atoms with Crippen molar-refractivity contribution >= 4 is 11.0 Å². The van der Waals surface area contributed by atoms with Crippen LogP contribution in [0.1, 0.15) is 31.2 Å². The number of hydrogen-bond acceptors (Lipinski definition) is 3. The number of aryl methyl sites for hydroxylation is 1. The lowest BCUT2D eigenvalue weighted by Gasteiger charge is -2.22. The van der Waals surface area contributed by atoms with Crippen molar-refractivity contribution in [2.75, 3.05) is 20.6 Å². The zero-order valence-corrected chi connectivity index (χ0v) is 12.5. The van der Waals surface area contributed by atoms with Crippen molar-refractivity contribution in [2.45, 2.75) is 32.9 Å². The molecular weight excluding hydrogens is 236 g/mol. The predicted octanol–water partition coefficient (Wildman–Crippen LogP) is 3.34. The Morgan fingerprint density at radius 1 is 1.21 bits per heavy atom. The van der Waals surface area contributed by atoms with Crippen LogP contribution in [0.5, 0.6) is 0 Å². The first-order chi connectivity index (χ1) is 8.99. The van der Waals surface area contributed by atoms with Crippen LogP contribution in [0.15, 0.2) is 28.7 Å². The molecule has 3 nitrogen and oxygen atoms in total. The highest BCUT2D eigenvalue weighted by Gasteiger charge is 2.17.